The van der Waals surface area contributed by atoms with Crippen LogP contribution in [0.3, 0.4) is 0 Å². The molecule has 1 N–H and O–H groups in total. The zero-order chi connectivity index (χ0) is 12.4. The fourth-order valence-corrected chi connectivity index (χ4v) is 2.85. The Balaban J connectivity index is 1.93. The number of aryl methyl sites for hydroxylation is 2. The molecule has 0 heterocycles. The van der Waals surface area contributed by atoms with Crippen LogP contribution in [0, 0.1) is 19.8 Å². The van der Waals surface area contributed by atoms with E-state index in [0.29, 0.717) is 13.0 Å². The summed E-state index contributed by atoms with van der Waals surface area (Å²) >= 11 is 6.02. The highest BCUT2D eigenvalue weighted by atomic mass is 35.5. The van der Waals surface area contributed by atoms with Gasteiger partial charge >= 0.3 is 0 Å². The van der Waals surface area contributed by atoms with Crippen LogP contribution in [0.5, 0.6) is 5.75 Å². The first-order chi connectivity index (χ1) is 8.04. The molecule has 0 amide bonds. The van der Waals surface area contributed by atoms with Crippen LogP contribution in [0.4, 0.5) is 0 Å². The van der Waals surface area contributed by atoms with E-state index < -0.39 is 0 Å². The van der Waals surface area contributed by atoms with Gasteiger partial charge < -0.3 is 9.84 Å². The Bertz CT molecular complexity index is 372. The Morgan fingerprint density at radius 1 is 1.24 bits per heavy atom. The molecule has 1 aliphatic rings. The highest BCUT2D eigenvalue weighted by molar-refractivity contribution is 6.20. The molecule has 0 saturated heterocycles. The minimum Gasteiger partial charge on any atom is -0.493 e. The molecule has 3 heteroatoms. The first-order valence-corrected chi connectivity index (χ1v) is 6.51. The molecule has 1 aromatic carbocycles. The van der Waals surface area contributed by atoms with E-state index in [1.807, 2.05) is 12.1 Å². The second kappa shape index (κ2) is 5.28. The summed E-state index contributed by atoms with van der Waals surface area (Å²) in [7, 11) is 0. The van der Waals surface area contributed by atoms with E-state index in [0.717, 1.165) is 12.2 Å². The molecule has 17 heavy (non-hydrogen) atoms. The van der Waals surface area contributed by atoms with Gasteiger partial charge in [0.25, 0.3) is 0 Å². The maximum Gasteiger partial charge on any atom is 0.119 e. The summed E-state index contributed by atoms with van der Waals surface area (Å²) in [5.41, 5.74) is 2.39. The average molecular weight is 255 g/mol. The van der Waals surface area contributed by atoms with Gasteiger partial charge in [-0.1, -0.05) is 6.07 Å². The van der Waals surface area contributed by atoms with E-state index in [2.05, 4.69) is 19.9 Å². The van der Waals surface area contributed by atoms with Crippen LogP contribution in [-0.4, -0.2) is 23.2 Å². The topological polar surface area (TPSA) is 29.5 Å². The summed E-state index contributed by atoms with van der Waals surface area (Å²) in [6.45, 7) is 4.66. The van der Waals surface area contributed by atoms with Crippen molar-refractivity contribution in [3.63, 3.8) is 0 Å². The fourth-order valence-electron chi connectivity index (χ4n) is 2.43. The first-order valence-electron chi connectivity index (χ1n) is 6.08. The van der Waals surface area contributed by atoms with E-state index in [9.17, 15) is 5.11 Å². The van der Waals surface area contributed by atoms with Gasteiger partial charge in [0.05, 0.1) is 12.7 Å². The zero-order valence-corrected chi connectivity index (χ0v) is 11.1. The van der Waals surface area contributed by atoms with Crippen molar-refractivity contribution in [1.82, 2.24) is 0 Å². The van der Waals surface area contributed by atoms with Gasteiger partial charge in [-0.25, -0.2) is 0 Å². The second-order valence-electron chi connectivity index (χ2n) is 5.03. The minimum absolute atomic E-state index is 0.0952. The summed E-state index contributed by atoms with van der Waals surface area (Å²) in [6.07, 6.45) is 1.21. The number of halogens is 1. The Hall–Kier alpha value is -0.730. The lowest BCUT2D eigenvalue weighted by Gasteiger charge is -2.15. The Labute approximate surface area is 108 Å². The van der Waals surface area contributed by atoms with E-state index in [4.69, 9.17) is 16.3 Å². The molecule has 0 aromatic heterocycles. The van der Waals surface area contributed by atoms with Gasteiger partial charge in [0.15, 0.2) is 0 Å². The highest BCUT2D eigenvalue weighted by Crippen LogP contribution is 2.30. The Morgan fingerprint density at radius 3 is 2.41 bits per heavy atom. The van der Waals surface area contributed by atoms with E-state index >= 15 is 0 Å². The molecule has 1 aliphatic carbocycles. The molecule has 94 valence electrons. The van der Waals surface area contributed by atoms with E-state index in [1.54, 1.807) is 0 Å². The summed E-state index contributed by atoms with van der Waals surface area (Å²) in [4.78, 5) is 0. The molecular formula is C14H19ClO2. The van der Waals surface area contributed by atoms with Crippen molar-refractivity contribution in [1.29, 1.82) is 0 Å². The molecule has 0 aliphatic heterocycles. The number of alkyl halides is 1. The number of rotatable bonds is 3. The third-order valence-corrected chi connectivity index (χ3v) is 3.62. The number of hydrogen-bond donors (Lipinski definition) is 1. The molecular weight excluding hydrogens is 236 g/mol. The van der Waals surface area contributed by atoms with Crippen LogP contribution in [0.25, 0.3) is 0 Å². The maximum absolute atomic E-state index is 9.78. The predicted molar refractivity (Wildman–Crippen MR) is 69.8 cm³/mol. The minimum atomic E-state index is -0.316. The molecule has 1 aromatic rings. The van der Waals surface area contributed by atoms with Crippen LogP contribution in [-0.2, 0) is 0 Å². The van der Waals surface area contributed by atoms with Crippen molar-refractivity contribution in [3.05, 3.63) is 29.3 Å². The lowest BCUT2D eigenvalue weighted by atomic mass is 10.1. The number of aliphatic hydroxyl groups excluding tert-OH is 1. The van der Waals surface area contributed by atoms with Crippen LogP contribution < -0.4 is 4.74 Å². The van der Waals surface area contributed by atoms with Gasteiger partial charge in [-0.2, -0.15) is 0 Å². The third-order valence-electron chi connectivity index (χ3n) is 3.26. The predicted octanol–water partition coefficient (Wildman–Crippen LogP) is 3.06. The summed E-state index contributed by atoms with van der Waals surface area (Å²) in [5.74, 6) is 1.05. The lowest BCUT2D eigenvalue weighted by Crippen LogP contribution is -2.20. The number of ether oxygens (including phenoxy) is 1. The Morgan fingerprint density at radius 2 is 1.88 bits per heavy atom. The van der Waals surface area contributed by atoms with Crippen molar-refractivity contribution >= 4 is 11.6 Å². The molecule has 3 atom stereocenters. The fraction of sp³-hybridized carbons (Fsp3) is 0.571. The zero-order valence-electron chi connectivity index (χ0n) is 10.3. The number of benzene rings is 1. The SMILES string of the molecule is Cc1cc(C)cc(OC[C@@H]2C[C@H](Cl)C[C@H]2O)c1. The van der Waals surface area contributed by atoms with Gasteiger partial charge in [0, 0.05) is 11.3 Å². The summed E-state index contributed by atoms with van der Waals surface area (Å²) < 4.78 is 5.75. The molecule has 1 saturated carbocycles. The van der Waals surface area contributed by atoms with Gasteiger partial charge in [-0.15, -0.1) is 11.6 Å². The molecule has 0 bridgehead atoms. The van der Waals surface area contributed by atoms with E-state index in [-0.39, 0.29) is 17.4 Å². The maximum atomic E-state index is 9.78. The Kier molecular flexibility index (Phi) is 3.95. The van der Waals surface area contributed by atoms with Crippen molar-refractivity contribution in [3.8, 4) is 5.75 Å². The normalized spacial score (nSPS) is 28.4. The van der Waals surface area contributed by atoms with Gasteiger partial charge in [0.1, 0.15) is 5.75 Å². The van der Waals surface area contributed by atoms with Crippen molar-refractivity contribution in [2.75, 3.05) is 6.61 Å². The number of aliphatic hydroxyl groups is 1. The monoisotopic (exact) mass is 254 g/mol. The quantitative estimate of drug-likeness (QED) is 0.840. The molecule has 1 fully saturated rings. The highest BCUT2D eigenvalue weighted by Gasteiger charge is 2.32. The van der Waals surface area contributed by atoms with Crippen molar-refractivity contribution in [2.24, 2.45) is 5.92 Å². The molecule has 0 unspecified atom stereocenters. The van der Waals surface area contributed by atoms with Crippen molar-refractivity contribution in [2.45, 2.75) is 38.2 Å². The lowest BCUT2D eigenvalue weighted by molar-refractivity contribution is 0.0986. The second-order valence-corrected chi connectivity index (χ2v) is 5.65. The molecule has 0 spiro atoms. The van der Waals surface area contributed by atoms with Crippen LogP contribution in [0.15, 0.2) is 18.2 Å². The standard InChI is InChI=1S/C14H19ClO2/c1-9-3-10(2)5-13(4-9)17-8-11-6-12(15)7-14(11)16/h3-5,11-12,14,16H,6-8H2,1-2H3/t11-,12-,14+/m0/s1. The van der Waals surface area contributed by atoms with Gasteiger partial charge in [-0.05, 0) is 49.9 Å². The number of hydrogen-bond acceptors (Lipinski definition) is 2. The molecule has 2 nitrogen and oxygen atoms in total. The summed E-state index contributed by atoms with van der Waals surface area (Å²) in [5, 5.41) is 9.88. The largest absolute Gasteiger partial charge is 0.493 e. The summed E-state index contributed by atoms with van der Waals surface area (Å²) in [6, 6.07) is 6.16. The van der Waals surface area contributed by atoms with E-state index in [1.165, 1.54) is 11.1 Å². The van der Waals surface area contributed by atoms with Gasteiger partial charge in [-0.3, -0.25) is 0 Å². The molecule has 0 radical (unpaired) electrons. The van der Waals surface area contributed by atoms with Crippen LogP contribution >= 0.6 is 11.6 Å². The van der Waals surface area contributed by atoms with Crippen LogP contribution in [0.1, 0.15) is 24.0 Å². The average Bonchev–Trinajstić information content (AvgIpc) is 2.53. The van der Waals surface area contributed by atoms with Crippen molar-refractivity contribution < 1.29 is 9.84 Å². The third kappa shape index (κ3) is 3.36. The molecule has 2 rings (SSSR count). The smallest absolute Gasteiger partial charge is 0.119 e. The first kappa shape index (κ1) is 12.7. The van der Waals surface area contributed by atoms with Crippen LogP contribution in [0.2, 0.25) is 0 Å². The van der Waals surface area contributed by atoms with Gasteiger partial charge in [0.2, 0.25) is 0 Å².